The molecular formula is C33H40N2O5S. The molecule has 0 fully saturated rings. The predicted molar refractivity (Wildman–Crippen MR) is 163 cm³/mol. The van der Waals surface area contributed by atoms with Gasteiger partial charge in [0.2, 0.25) is 0 Å². The summed E-state index contributed by atoms with van der Waals surface area (Å²) >= 11 is 1.66. The molecule has 218 valence electrons. The number of phenols is 1. The molecule has 4 rings (SSSR count). The summed E-state index contributed by atoms with van der Waals surface area (Å²) < 4.78 is 10.8. The Hall–Kier alpha value is -3.49. The van der Waals surface area contributed by atoms with Crippen molar-refractivity contribution < 1.29 is 24.5 Å². The molecule has 2 atom stereocenters. The zero-order chi connectivity index (χ0) is 30.3. The van der Waals surface area contributed by atoms with Gasteiger partial charge in [0, 0.05) is 20.9 Å². The van der Waals surface area contributed by atoms with Crippen molar-refractivity contribution in [2.75, 3.05) is 7.11 Å². The number of imidazole rings is 1. The molecule has 8 heteroatoms. The van der Waals surface area contributed by atoms with Crippen molar-refractivity contribution in [3.8, 4) is 11.5 Å². The number of nitrogens with zero attached hydrogens (tertiary/aromatic N) is 1. The Morgan fingerprint density at radius 1 is 0.902 bits per heavy atom. The Balaban J connectivity index is 1.55. The molecule has 0 amide bonds. The third kappa shape index (κ3) is 6.54. The molecule has 0 aliphatic rings. The SMILES string of the molecule is COC(=O)C(C)(O)c1ccc(OC(C)c2nc3ccc(Sc4cc(C(C)(C)C)c(O)c(C(C)(C)C)c4)cc3[nH]2)cc1. The molecule has 4 aromatic rings. The van der Waals surface area contributed by atoms with E-state index in [0.29, 0.717) is 22.9 Å². The lowest BCUT2D eigenvalue weighted by atomic mass is 9.79. The fourth-order valence-corrected chi connectivity index (χ4v) is 5.58. The summed E-state index contributed by atoms with van der Waals surface area (Å²) in [5.74, 6) is 0.909. The normalized spacial score (nSPS) is 14.5. The number of H-pyrrole nitrogens is 1. The number of hydrogen-bond donors (Lipinski definition) is 3. The van der Waals surface area contributed by atoms with Crippen molar-refractivity contribution in [3.05, 3.63) is 77.1 Å². The molecule has 41 heavy (non-hydrogen) atoms. The van der Waals surface area contributed by atoms with Crippen molar-refractivity contribution in [1.29, 1.82) is 0 Å². The molecular weight excluding hydrogens is 536 g/mol. The van der Waals surface area contributed by atoms with E-state index >= 15 is 0 Å². The van der Waals surface area contributed by atoms with Crippen molar-refractivity contribution >= 4 is 28.8 Å². The molecule has 2 unspecified atom stereocenters. The lowest BCUT2D eigenvalue weighted by Gasteiger charge is -2.28. The van der Waals surface area contributed by atoms with Crippen LogP contribution in [0.3, 0.4) is 0 Å². The van der Waals surface area contributed by atoms with Gasteiger partial charge in [0.05, 0.1) is 18.1 Å². The van der Waals surface area contributed by atoms with Gasteiger partial charge in [-0.1, -0.05) is 65.4 Å². The van der Waals surface area contributed by atoms with Gasteiger partial charge in [-0.05, 0) is 72.7 Å². The number of esters is 1. The molecule has 1 aromatic heterocycles. The molecule has 0 aliphatic carbocycles. The number of rotatable bonds is 7. The second-order valence-corrected chi connectivity index (χ2v) is 13.8. The van der Waals surface area contributed by atoms with Gasteiger partial charge in [-0.2, -0.15) is 0 Å². The van der Waals surface area contributed by atoms with Crippen LogP contribution in [-0.4, -0.2) is 33.3 Å². The summed E-state index contributed by atoms with van der Waals surface area (Å²) in [5.41, 5.74) is 1.88. The number of aromatic amines is 1. The number of fused-ring (bicyclic) bond motifs is 1. The minimum absolute atomic E-state index is 0.196. The highest BCUT2D eigenvalue weighted by molar-refractivity contribution is 7.99. The van der Waals surface area contributed by atoms with Gasteiger partial charge in [-0.3, -0.25) is 0 Å². The number of nitrogens with one attached hydrogen (secondary N) is 1. The summed E-state index contributed by atoms with van der Waals surface area (Å²) in [5, 5.41) is 21.5. The average Bonchev–Trinajstić information content (AvgIpc) is 3.32. The minimum atomic E-state index is -1.74. The van der Waals surface area contributed by atoms with E-state index < -0.39 is 11.6 Å². The Bertz CT molecular complexity index is 1520. The monoisotopic (exact) mass is 576 g/mol. The van der Waals surface area contributed by atoms with Crippen LogP contribution < -0.4 is 4.74 Å². The molecule has 0 bridgehead atoms. The number of carbonyl (C=O) groups is 1. The van der Waals surface area contributed by atoms with Crippen LogP contribution in [0.2, 0.25) is 0 Å². The number of methoxy groups -OCH3 is 1. The number of aliphatic hydroxyl groups is 1. The maximum Gasteiger partial charge on any atom is 0.342 e. The van der Waals surface area contributed by atoms with Crippen LogP contribution in [0.25, 0.3) is 11.0 Å². The lowest BCUT2D eigenvalue weighted by Crippen LogP contribution is -2.33. The third-order valence-electron chi connectivity index (χ3n) is 7.10. The van der Waals surface area contributed by atoms with E-state index in [9.17, 15) is 15.0 Å². The number of benzene rings is 3. The van der Waals surface area contributed by atoms with Crippen LogP contribution in [-0.2, 0) is 26.0 Å². The first-order chi connectivity index (χ1) is 19.0. The van der Waals surface area contributed by atoms with Crippen molar-refractivity contribution in [2.45, 2.75) is 87.7 Å². The van der Waals surface area contributed by atoms with Gasteiger partial charge in [-0.25, -0.2) is 9.78 Å². The fourth-order valence-electron chi connectivity index (χ4n) is 4.65. The Kier molecular flexibility index (Phi) is 8.22. The Morgan fingerprint density at radius 3 is 2.02 bits per heavy atom. The summed E-state index contributed by atoms with van der Waals surface area (Å²) in [6.07, 6.45) is -0.369. The van der Waals surface area contributed by atoms with E-state index in [-0.39, 0.29) is 16.9 Å². The average molecular weight is 577 g/mol. The van der Waals surface area contributed by atoms with Gasteiger partial charge in [0.1, 0.15) is 17.3 Å². The van der Waals surface area contributed by atoms with Crippen LogP contribution in [0.5, 0.6) is 11.5 Å². The number of hydrogen-bond acceptors (Lipinski definition) is 7. The van der Waals surface area contributed by atoms with Crippen molar-refractivity contribution in [2.24, 2.45) is 0 Å². The fraction of sp³-hybridized carbons (Fsp3) is 0.394. The van der Waals surface area contributed by atoms with Gasteiger partial charge >= 0.3 is 5.97 Å². The van der Waals surface area contributed by atoms with Crippen LogP contribution in [0.4, 0.5) is 0 Å². The first-order valence-corrected chi connectivity index (χ1v) is 14.5. The molecule has 0 aliphatic heterocycles. The summed E-state index contributed by atoms with van der Waals surface area (Å²) in [4.78, 5) is 22.1. The lowest BCUT2D eigenvalue weighted by molar-refractivity contribution is -0.161. The first kappa shape index (κ1) is 30.5. The van der Waals surface area contributed by atoms with Crippen LogP contribution in [0.1, 0.15) is 84.0 Å². The van der Waals surface area contributed by atoms with E-state index in [2.05, 4.69) is 70.8 Å². The van der Waals surface area contributed by atoms with Gasteiger partial charge in [0.25, 0.3) is 0 Å². The first-order valence-electron chi connectivity index (χ1n) is 13.6. The molecule has 3 N–H and O–H groups in total. The second kappa shape index (κ2) is 11.1. The number of carbonyl (C=O) groups excluding carboxylic acids is 1. The standard InChI is InChI=1S/C33H40N2O5S/c1-19(40-21-12-10-20(11-13-21)33(8,38)30(37)39-9)29-34-26-15-14-22(18-27(26)35-29)41-23-16-24(31(2,3)4)28(36)25(17-23)32(5,6)7/h10-19,36,38H,1-9H3,(H,34,35). The summed E-state index contributed by atoms with van der Waals surface area (Å²) in [6.45, 7) is 16.0. The highest BCUT2D eigenvalue weighted by Crippen LogP contribution is 2.43. The largest absolute Gasteiger partial charge is 0.507 e. The van der Waals surface area contributed by atoms with Crippen LogP contribution in [0.15, 0.2) is 64.4 Å². The topological polar surface area (TPSA) is 105 Å². The zero-order valence-corrected chi connectivity index (χ0v) is 26.1. The molecule has 1 heterocycles. The van der Waals surface area contributed by atoms with Crippen molar-refractivity contribution in [1.82, 2.24) is 9.97 Å². The van der Waals surface area contributed by atoms with E-state index in [1.54, 1.807) is 36.0 Å². The maximum absolute atomic E-state index is 11.9. The second-order valence-electron chi connectivity index (χ2n) is 12.6. The summed E-state index contributed by atoms with van der Waals surface area (Å²) in [6, 6.07) is 17.0. The zero-order valence-electron chi connectivity index (χ0n) is 25.2. The van der Waals surface area contributed by atoms with Gasteiger partial charge < -0.3 is 24.7 Å². The van der Waals surface area contributed by atoms with Crippen LogP contribution >= 0.6 is 11.8 Å². The van der Waals surface area contributed by atoms with E-state index in [1.807, 2.05) is 13.0 Å². The molecule has 3 aromatic carbocycles. The Morgan fingerprint density at radius 2 is 1.49 bits per heavy atom. The summed E-state index contributed by atoms with van der Waals surface area (Å²) in [7, 11) is 1.24. The molecule has 0 saturated carbocycles. The van der Waals surface area contributed by atoms with Crippen LogP contribution in [0, 0.1) is 0 Å². The smallest absolute Gasteiger partial charge is 0.342 e. The molecule has 0 spiro atoms. The van der Waals surface area contributed by atoms with Crippen molar-refractivity contribution in [3.63, 3.8) is 0 Å². The number of aromatic hydroxyl groups is 1. The predicted octanol–water partition coefficient (Wildman–Crippen LogP) is 7.54. The number of phenolic OH excluding ortho intramolecular Hbond substituents is 1. The molecule has 7 nitrogen and oxygen atoms in total. The third-order valence-corrected chi connectivity index (χ3v) is 8.07. The Labute approximate surface area is 246 Å². The van der Waals surface area contributed by atoms with E-state index in [4.69, 9.17) is 14.5 Å². The maximum atomic E-state index is 11.9. The number of aromatic nitrogens is 2. The van der Waals surface area contributed by atoms with Gasteiger partial charge in [-0.15, -0.1) is 0 Å². The highest BCUT2D eigenvalue weighted by atomic mass is 32.2. The number of ether oxygens (including phenoxy) is 2. The minimum Gasteiger partial charge on any atom is -0.507 e. The molecule has 0 saturated heterocycles. The van der Waals surface area contributed by atoms with E-state index in [1.165, 1.54) is 14.0 Å². The quantitative estimate of drug-likeness (QED) is 0.195. The van der Waals surface area contributed by atoms with E-state index in [0.717, 1.165) is 32.0 Å². The highest BCUT2D eigenvalue weighted by Gasteiger charge is 2.33. The molecule has 0 radical (unpaired) electrons. The van der Waals surface area contributed by atoms with Gasteiger partial charge in [0.15, 0.2) is 11.7 Å².